The van der Waals surface area contributed by atoms with Crippen LogP contribution in [0.3, 0.4) is 0 Å². The fourth-order valence-electron chi connectivity index (χ4n) is 0.949. The molecule has 0 saturated heterocycles. The first kappa shape index (κ1) is 7.49. The predicted molar refractivity (Wildman–Crippen MR) is 49.1 cm³/mol. The molecule has 0 radical (unpaired) electrons. The van der Waals surface area contributed by atoms with Gasteiger partial charge in [-0.05, 0) is 28.1 Å². The molecule has 60 valence electrons. The molecule has 0 N–H and O–H groups in total. The summed E-state index contributed by atoms with van der Waals surface area (Å²) < 4.78 is 2.75. The van der Waals surface area contributed by atoms with E-state index in [2.05, 4.69) is 26.0 Å². The summed E-state index contributed by atoms with van der Waals surface area (Å²) >= 11 is 3.42. The van der Waals surface area contributed by atoms with E-state index < -0.39 is 0 Å². The van der Waals surface area contributed by atoms with Crippen LogP contribution in [0.5, 0.6) is 0 Å². The van der Waals surface area contributed by atoms with E-state index in [-0.39, 0.29) is 0 Å². The SMILES string of the molecule is Brc1ccncc1-n1cccn1. The van der Waals surface area contributed by atoms with Crippen molar-refractivity contribution in [2.24, 2.45) is 0 Å². The summed E-state index contributed by atoms with van der Waals surface area (Å²) in [4.78, 5) is 4.01. The highest BCUT2D eigenvalue weighted by Crippen LogP contribution is 2.17. The van der Waals surface area contributed by atoms with Gasteiger partial charge in [-0.15, -0.1) is 0 Å². The Hall–Kier alpha value is -1.16. The first-order valence-electron chi connectivity index (χ1n) is 3.47. The Morgan fingerprint density at radius 1 is 1.33 bits per heavy atom. The first-order chi connectivity index (χ1) is 5.88. The quantitative estimate of drug-likeness (QED) is 0.741. The molecule has 0 atom stereocenters. The van der Waals surface area contributed by atoms with Gasteiger partial charge in [0.25, 0.3) is 0 Å². The largest absolute Gasteiger partial charge is 0.262 e. The molecule has 0 aliphatic rings. The smallest absolute Gasteiger partial charge is 0.0970 e. The molecule has 0 aromatic carbocycles. The zero-order chi connectivity index (χ0) is 8.39. The maximum absolute atomic E-state index is 4.09. The van der Waals surface area contributed by atoms with E-state index in [9.17, 15) is 0 Å². The van der Waals surface area contributed by atoms with Crippen LogP contribution in [-0.4, -0.2) is 14.8 Å². The Morgan fingerprint density at radius 2 is 2.25 bits per heavy atom. The molecule has 2 rings (SSSR count). The lowest BCUT2D eigenvalue weighted by molar-refractivity contribution is 0.869. The van der Waals surface area contributed by atoms with Gasteiger partial charge in [-0.3, -0.25) is 4.98 Å². The maximum atomic E-state index is 4.09. The first-order valence-corrected chi connectivity index (χ1v) is 4.27. The van der Waals surface area contributed by atoms with Crippen LogP contribution >= 0.6 is 15.9 Å². The third-order valence-corrected chi connectivity index (χ3v) is 2.17. The molecule has 2 aromatic rings. The van der Waals surface area contributed by atoms with Crippen molar-refractivity contribution in [3.8, 4) is 5.69 Å². The average Bonchev–Trinajstić information content (AvgIpc) is 2.57. The number of rotatable bonds is 1. The van der Waals surface area contributed by atoms with Gasteiger partial charge in [-0.25, -0.2) is 4.68 Å². The Balaban J connectivity index is 2.55. The Bertz CT molecular complexity index is 370. The lowest BCUT2D eigenvalue weighted by atomic mass is 10.4. The van der Waals surface area contributed by atoms with Gasteiger partial charge in [-0.2, -0.15) is 5.10 Å². The van der Waals surface area contributed by atoms with Crippen molar-refractivity contribution in [1.82, 2.24) is 14.8 Å². The lowest BCUT2D eigenvalue weighted by Crippen LogP contribution is -1.95. The highest BCUT2D eigenvalue weighted by Gasteiger charge is 1.99. The second-order valence-electron chi connectivity index (χ2n) is 2.28. The third-order valence-electron chi connectivity index (χ3n) is 1.50. The zero-order valence-corrected chi connectivity index (χ0v) is 7.77. The van der Waals surface area contributed by atoms with E-state index in [0.29, 0.717) is 0 Å². The fourth-order valence-corrected chi connectivity index (χ4v) is 1.35. The van der Waals surface area contributed by atoms with Gasteiger partial charge in [-0.1, -0.05) is 0 Å². The molecule has 3 nitrogen and oxygen atoms in total. The summed E-state index contributed by atoms with van der Waals surface area (Å²) in [7, 11) is 0. The van der Waals surface area contributed by atoms with E-state index in [4.69, 9.17) is 0 Å². The predicted octanol–water partition coefficient (Wildman–Crippen LogP) is 2.03. The maximum Gasteiger partial charge on any atom is 0.0970 e. The Morgan fingerprint density at radius 3 is 2.92 bits per heavy atom. The van der Waals surface area contributed by atoms with Crippen LogP contribution in [0.15, 0.2) is 41.4 Å². The van der Waals surface area contributed by atoms with E-state index >= 15 is 0 Å². The molecular weight excluding hydrogens is 218 g/mol. The Kier molecular flexibility index (Phi) is 1.91. The van der Waals surface area contributed by atoms with Crippen LogP contribution in [-0.2, 0) is 0 Å². The van der Waals surface area contributed by atoms with E-state index in [1.54, 1.807) is 23.3 Å². The van der Waals surface area contributed by atoms with E-state index in [1.165, 1.54) is 0 Å². The number of aromatic nitrogens is 3. The topological polar surface area (TPSA) is 30.7 Å². The standard InChI is InChI=1S/C8H6BrN3/c9-7-2-4-10-6-8(7)12-5-1-3-11-12/h1-6H. The lowest BCUT2D eigenvalue weighted by Gasteiger charge is -2.01. The minimum Gasteiger partial charge on any atom is -0.262 e. The molecule has 0 amide bonds. The van der Waals surface area contributed by atoms with Gasteiger partial charge < -0.3 is 0 Å². The second-order valence-corrected chi connectivity index (χ2v) is 3.13. The Labute approximate surface area is 78.2 Å². The summed E-state index contributed by atoms with van der Waals surface area (Å²) in [6.45, 7) is 0. The highest BCUT2D eigenvalue weighted by atomic mass is 79.9. The molecule has 0 saturated carbocycles. The monoisotopic (exact) mass is 223 g/mol. The van der Waals surface area contributed by atoms with Crippen LogP contribution < -0.4 is 0 Å². The van der Waals surface area contributed by atoms with Crippen LogP contribution in [0.25, 0.3) is 5.69 Å². The van der Waals surface area contributed by atoms with Crippen LogP contribution in [0.4, 0.5) is 0 Å². The molecule has 0 aliphatic carbocycles. The van der Waals surface area contributed by atoms with Crippen LogP contribution in [0.2, 0.25) is 0 Å². The number of nitrogens with zero attached hydrogens (tertiary/aromatic N) is 3. The molecule has 2 heterocycles. The normalized spacial score (nSPS) is 10.1. The fraction of sp³-hybridized carbons (Fsp3) is 0. The minimum absolute atomic E-state index is 0.947. The van der Waals surface area contributed by atoms with E-state index in [1.807, 2.05) is 18.3 Å². The van der Waals surface area contributed by atoms with Crippen LogP contribution in [0, 0.1) is 0 Å². The van der Waals surface area contributed by atoms with Gasteiger partial charge in [0.1, 0.15) is 0 Å². The summed E-state index contributed by atoms with van der Waals surface area (Å²) in [5, 5.41) is 4.09. The van der Waals surface area contributed by atoms with Gasteiger partial charge in [0.15, 0.2) is 0 Å². The molecule has 0 fully saturated rings. The number of hydrogen-bond acceptors (Lipinski definition) is 2. The second kappa shape index (κ2) is 3.06. The minimum atomic E-state index is 0.947. The molecule has 0 bridgehead atoms. The highest BCUT2D eigenvalue weighted by molar-refractivity contribution is 9.10. The summed E-state index contributed by atoms with van der Waals surface area (Å²) in [5.41, 5.74) is 0.947. The number of hydrogen-bond donors (Lipinski definition) is 0. The number of pyridine rings is 1. The summed E-state index contributed by atoms with van der Waals surface area (Å²) in [5.74, 6) is 0. The van der Waals surface area contributed by atoms with Crippen molar-refractivity contribution >= 4 is 15.9 Å². The van der Waals surface area contributed by atoms with Gasteiger partial charge in [0.05, 0.1) is 11.9 Å². The third kappa shape index (κ3) is 1.25. The van der Waals surface area contributed by atoms with Gasteiger partial charge in [0, 0.05) is 23.1 Å². The number of halogens is 1. The van der Waals surface area contributed by atoms with Crippen molar-refractivity contribution in [3.63, 3.8) is 0 Å². The zero-order valence-electron chi connectivity index (χ0n) is 6.18. The van der Waals surface area contributed by atoms with Gasteiger partial charge in [0.2, 0.25) is 0 Å². The molecule has 0 unspecified atom stereocenters. The van der Waals surface area contributed by atoms with Crippen molar-refractivity contribution in [1.29, 1.82) is 0 Å². The van der Waals surface area contributed by atoms with Crippen molar-refractivity contribution in [3.05, 3.63) is 41.4 Å². The summed E-state index contributed by atoms with van der Waals surface area (Å²) in [6, 6.07) is 3.76. The van der Waals surface area contributed by atoms with Crippen LogP contribution in [0.1, 0.15) is 0 Å². The van der Waals surface area contributed by atoms with Gasteiger partial charge >= 0.3 is 0 Å². The molecular formula is C8H6BrN3. The van der Waals surface area contributed by atoms with Crippen molar-refractivity contribution < 1.29 is 0 Å². The molecule has 0 aliphatic heterocycles. The molecule has 0 spiro atoms. The molecule has 12 heavy (non-hydrogen) atoms. The van der Waals surface area contributed by atoms with Crippen molar-refractivity contribution in [2.75, 3.05) is 0 Å². The average molecular weight is 224 g/mol. The molecule has 2 aromatic heterocycles. The van der Waals surface area contributed by atoms with E-state index in [0.717, 1.165) is 10.2 Å². The van der Waals surface area contributed by atoms with Crippen molar-refractivity contribution in [2.45, 2.75) is 0 Å². The summed E-state index contributed by atoms with van der Waals surface area (Å²) in [6.07, 6.45) is 7.11. The molecule has 4 heteroatoms.